The molecule has 1 atom stereocenters. The average molecular weight is 444 g/mol. The molecule has 1 heterocycles. The van der Waals surface area contributed by atoms with Crippen molar-refractivity contribution in [2.45, 2.75) is 19.1 Å². The lowest BCUT2D eigenvalue weighted by molar-refractivity contribution is -0.137. The molecule has 0 saturated heterocycles. The maximum absolute atomic E-state index is 14.8. The first kappa shape index (κ1) is 19.4. The molecule has 142 valence electrons. The number of carbonyl (C=O) groups is 1. The van der Waals surface area contributed by atoms with Crippen molar-refractivity contribution in [2.24, 2.45) is 0 Å². The molecular weight excluding hydrogens is 430 g/mol. The molecule has 0 spiro atoms. The van der Waals surface area contributed by atoms with Crippen LogP contribution in [0.5, 0.6) is 0 Å². The summed E-state index contributed by atoms with van der Waals surface area (Å²) >= 11 is 3.19. The Hall–Kier alpha value is -2.35. The topological polar surface area (TPSA) is 31.2 Å². The normalized spacial score (nSPS) is 13.0. The zero-order valence-corrected chi connectivity index (χ0v) is 15.9. The Morgan fingerprint density at radius 1 is 1.22 bits per heavy atom. The van der Waals surface area contributed by atoms with Crippen molar-refractivity contribution in [3.05, 3.63) is 69.6 Å². The van der Waals surface area contributed by atoms with Crippen LogP contribution in [-0.4, -0.2) is 17.6 Å². The molecule has 0 aliphatic rings. The van der Waals surface area contributed by atoms with Crippen molar-refractivity contribution in [2.75, 3.05) is 7.11 Å². The number of hydrogen-bond acceptors (Lipinski definition) is 2. The van der Waals surface area contributed by atoms with Crippen LogP contribution in [0.1, 0.15) is 34.5 Å². The molecule has 0 fully saturated rings. The van der Waals surface area contributed by atoms with E-state index in [0.717, 1.165) is 19.2 Å². The summed E-state index contributed by atoms with van der Waals surface area (Å²) in [6, 6.07) is 7.38. The second kappa shape index (κ2) is 6.99. The summed E-state index contributed by atoms with van der Waals surface area (Å²) in [5, 5.41) is 0.369. The molecule has 0 saturated carbocycles. The zero-order chi connectivity index (χ0) is 19.9. The Morgan fingerprint density at radius 3 is 2.56 bits per heavy atom. The lowest BCUT2D eigenvalue weighted by atomic mass is 10.0. The van der Waals surface area contributed by atoms with E-state index in [1.807, 2.05) is 0 Å². The summed E-state index contributed by atoms with van der Waals surface area (Å²) in [7, 11) is 1.16. The van der Waals surface area contributed by atoms with Crippen LogP contribution in [0.25, 0.3) is 10.9 Å². The molecule has 1 unspecified atom stereocenters. The van der Waals surface area contributed by atoms with Crippen LogP contribution in [0.2, 0.25) is 0 Å². The van der Waals surface area contributed by atoms with Crippen LogP contribution in [-0.2, 0) is 10.9 Å². The first-order valence-electron chi connectivity index (χ1n) is 7.89. The van der Waals surface area contributed by atoms with Gasteiger partial charge in [0.25, 0.3) is 0 Å². The van der Waals surface area contributed by atoms with Gasteiger partial charge in [0.1, 0.15) is 5.82 Å². The Labute approximate surface area is 160 Å². The number of hydrogen-bond donors (Lipinski definition) is 0. The highest BCUT2D eigenvalue weighted by Crippen LogP contribution is 2.37. The summed E-state index contributed by atoms with van der Waals surface area (Å²) < 4.78 is 60.3. The molecule has 27 heavy (non-hydrogen) atoms. The summed E-state index contributed by atoms with van der Waals surface area (Å²) in [6.07, 6.45) is -2.88. The van der Waals surface area contributed by atoms with Gasteiger partial charge in [0.05, 0.1) is 29.8 Å². The molecule has 3 nitrogen and oxygen atoms in total. The van der Waals surface area contributed by atoms with Crippen molar-refractivity contribution in [1.29, 1.82) is 0 Å². The highest BCUT2D eigenvalue weighted by molar-refractivity contribution is 9.10. The molecule has 0 bridgehead atoms. The van der Waals surface area contributed by atoms with Gasteiger partial charge in [0, 0.05) is 21.6 Å². The number of alkyl halides is 3. The number of benzene rings is 2. The predicted molar refractivity (Wildman–Crippen MR) is 96.2 cm³/mol. The molecule has 0 amide bonds. The molecule has 3 rings (SSSR count). The van der Waals surface area contributed by atoms with Gasteiger partial charge in [0.15, 0.2) is 0 Å². The minimum Gasteiger partial charge on any atom is -0.465 e. The highest BCUT2D eigenvalue weighted by Gasteiger charge is 2.32. The van der Waals surface area contributed by atoms with E-state index in [0.29, 0.717) is 10.9 Å². The molecule has 8 heteroatoms. The third kappa shape index (κ3) is 3.45. The van der Waals surface area contributed by atoms with E-state index in [1.54, 1.807) is 17.7 Å². The van der Waals surface area contributed by atoms with E-state index >= 15 is 0 Å². The van der Waals surface area contributed by atoms with Gasteiger partial charge in [-0.15, -0.1) is 0 Å². The predicted octanol–water partition coefficient (Wildman–Crippen LogP) is 5.96. The first-order chi connectivity index (χ1) is 12.6. The van der Waals surface area contributed by atoms with Crippen LogP contribution in [0.15, 0.2) is 47.1 Å². The Kier molecular flexibility index (Phi) is 5.03. The monoisotopic (exact) mass is 443 g/mol. The third-order valence-corrected chi connectivity index (χ3v) is 5.00. The van der Waals surface area contributed by atoms with Crippen molar-refractivity contribution in [3.63, 3.8) is 0 Å². The number of fused-ring (bicyclic) bond motifs is 1. The second-order valence-electron chi connectivity index (χ2n) is 5.99. The zero-order valence-electron chi connectivity index (χ0n) is 14.3. The molecule has 2 aromatic carbocycles. The second-order valence-corrected chi connectivity index (χ2v) is 6.85. The van der Waals surface area contributed by atoms with Crippen molar-refractivity contribution in [1.82, 2.24) is 4.57 Å². The molecule has 0 aliphatic heterocycles. The molecule has 0 radical (unpaired) electrons. The van der Waals surface area contributed by atoms with Crippen LogP contribution in [0.3, 0.4) is 0 Å². The Balaban J connectivity index is 2.13. The van der Waals surface area contributed by atoms with Crippen molar-refractivity contribution < 1.29 is 27.1 Å². The van der Waals surface area contributed by atoms with Gasteiger partial charge in [-0.1, -0.05) is 12.1 Å². The number of aromatic nitrogens is 1. The summed E-state index contributed by atoms with van der Waals surface area (Å²) in [5.74, 6) is -1.52. The molecule has 0 N–H and O–H groups in total. The summed E-state index contributed by atoms with van der Waals surface area (Å²) in [6.45, 7) is 1.70. The van der Waals surface area contributed by atoms with E-state index in [-0.39, 0.29) is 15.6 Å². The fraction of sp³-hybridized carbons (Fsp3) is 0.211. The molecular formula is C19H14BrF4NO2. The number of rotatable bonds is 3. The van der Waals surface area contributed by atoms with E-state index in [1.165, 1.54) is 24.3 Å². The van der Waals surface area contributed by atoms with Gasteiger partial charge in [0.2, 0.25) is 0 Å². The van der Waals surface area contributed by atoms with Gasteiger partial charge >= 0.3 is 12.1 Å². The fourth-order valence-electron chi connectivity index (χ4n) is 3.03. The lowest BCUT2D eigenvalue weighted by Crippen LogP contribution is -2.12. The number of halogens is 5. The van der Waals surface area contributed by atoms with E-state index < -0.39 is 29.6 Å². The van der Waals surface area contributed by atoms with Crippen molar-refractivity contribution in [3.8, 4) is 0 Å². The van der Waals surface area contributed by atoms with Gasteiger partial charge in [-0.3, -0.25) is 0 Å². The Morgan fingerprint density at radius 2 is 1.93 bits per heavy atom. The van der Waals surface area contributed by atoms with E-state index in [2.05, 4.69) is 20.7 Å². The fourth-order valence-corrected chi connectivity index (χ4v) is 3.71. The van der Waals surface area contributed by atoms with Crippen LogP contribution in [0.4, 0.5) is 17.6 Å². The molecule has 3 aromatic rings. The van der Waals surface area contributed by atoms with E-state index in [9.17, 15) is 22.4 Å². The van der Waals surface area contributed by atoms with Crippen LogP contribution < -0.4 is 0 Å². The van der Waals surface area contributed by atoms with Gasteiger partial charge in [-0.2, -0.15) is 13.2 Å². The van der Waals surface area contributed by atoms with Gasteiger partial charge < -0.3 is 9.30 Å². The number of nitrogens with zero attached hydrogens (tertiary/aromatic N) is 1. The molecule has 0 aliphatic carbocycles. The third-order valence-electron chi connectivity index (χ3n) is 4.39. The summed E-state index contributed by atoms with van der Waals surface area (Å²) in [5.41, 5.74) is -0.247. The lowest BCUT2D eigenvalue weighted by Gasteiger charge is -2.19. The quantitative estimate of drug-likeness (QED) is 0.369. The first-order valence-corrected chi connectivity index (χ1v) is 8.68. The number of carbonyl (C=O) groups excluding carboxylic acids is 1. The minimum atomic E-state index is -4.47. The standard InChI is InChI=1S/C19H14BrF4NO2/c1-10(13-4-3-5-14(16(13)21)18(26)27-2)25-7-6-11-8-12(19(22,23)24)9-15(20)17(11)25/h3-10H,1-2H3. The maximum atomic E-state index is 14.8. The van der Waals surface area contributed by atoms with Crippen molar-refractivity contribution >= 4 is 32.8 Å². The van der Waals surface area contributed by atoms with Gasteiger partial charge in [-0.25, -0.2) is 9.18 Å². The SMILES string of the molecule is COC(=O)c1cccc(C(C)n2ccc3cc(C(F)(F)F)cc(Br)c32)c1F. The number of ether oxygens (including phenoxy) is 1. The van der Waals surface area contributed by atoms with Crippen LogP contribution in [0, 0.1) is 5.82 Å². The van der Waals surface area contributed by atoms with Gasteiger partial charge in [-0.05, 0) is 47.1 Å². The highest BCUT2D eigenvalue weighted by atomic mass is 79.9. The molecule has 1 aromatic heterocycles. The maximum Gasteiger partial charge on any atom is 0.416 e. The number of esters is 1. The smallest absolute Gasteiger partial charge is 0.416 e. The minimum absolute atomic E-state index is 0.197. The average Bonchev–Trinajstić information content (AvgIpc) is 3.04. The number of methoxy groups -OCH3 is 1. The Bertz CT molecular complexity index is 1030. The largest absolute Gasteiger partial charge is 0.465 e. The van der Waals surface area contributed by atoms with Crippen LogP contribution >= 0.6 is 15.9 Å². The summed E-state index contributed by atoms with van der Waals surface area (Å²) in [4.78, 5) is 11.7. The van der Waals surface area contributed by atoms with E-state index in [4.69, 9.17) is 0 Å².